The molecule has 5 nitrogen and oxygen atoms in total. The molecule has 0 aromatic carbocycles. The average molecular weight is 220 g/mol. The first-order valence-electron chi connectivity index (χ1n) is 5.67. The number of nitrogens with one attached hydrogen (secondary N) is 3. The fraction of sp³-hybridized carbons (Fsp3) is 0.545. The van der Waals surface area contributed by atoms with Crippen LogP contribution in [0.5, 0.6) is 0 Å². The lowest BCUT2D eigenvalue weighted by atomic mass is 9.91. The molecule has 0 aromatic heterocycles. The molecule has 3 heterocycles. The zero-order chi connectivity index (χ0) is 11.3. The van der Waals surface area contributed by atoms with Crippen LogP contribution in [0.1, 0.15) is 13.3 Å². The lowest BCUT2D eigenvalue weighted by Crippen LogP contribution is -2.73. The van der Waals surface area contributed by atoms with E-state index in [1.165, 1.54) is 0 Å². The summed E-state index contributed by atoms with van der Waals surface area (Å²) in [4.78, 5) is 13.8. The summed E-state index contributed by atoms with van der Waals surface area (Å²) in [6.45, 7) is 6.64. The van der Waals surface area contributed by atoms with Gasteiger partial charge in [0.1, 0.15) is 0 Å². The summed E-state index contributed by atoms with van der Waals surface area (Å²) in [6, 6.07) is 0.289. The molecule has 3 aliphatic rings. The maximum atomic E-state index is 12.0. The molecule has 86 valence electrons. The van der Waals surface area contributed by atoms with E-state index in [9.17, 15) is 4.79 Å². The molecule has 16 heavy (non-hydrogen) atoms. The van der Waals surface area contributed by atoms with Crippen LogP contribution in [0.3, 0.4) is 0 Å². The van der Waals surface area contributed by atoms with Gasteiger partial charge in [0.25, 0.3) is 0 Å². The molecule has 1 spiro atoms. The van der Waals surface area contributed by atoms with Crippen molar-refractivity contribution in [2.45, 2.75) is 31.1 Å². The van der Waals surface area contributed by atoms with Gasteiger partial charge in [-0.05, 0) is 12.5 Å². The van der Waals surface area contributed by atoms with Crippen molar-refractivity contribution in [2.24, 2.45) is 0 Å². The smallest absolute Gasteiger partial charge is 0.320 e. The van der Waals surface area contributed by atoms with Gasteiger partial charge in [-0.3, -0.25) is 4.90 Å². The van der Waals surface area contributed by atoms with Crippen LogP contribution < -0.4 is 16.0 Å². The van der Waals surface area contributed by atoms with Crippen molar-refractivity contribution in [2.75, 3.05) is 6.54 Å². The first-order chi connectivity index (χ1) is 7.67. The first-order valence-corrected chi connectivity index (χ1v) is 5.67. The number of carbonyl (C=O) groups is 1. The molecule has 0 radical (unpaired) electrons. The molecule has 0 saturated carbocycles. The number of nitrogens with zero attached hydrogens (tertiary/aromatic N) is 1. The van der Waals surface area contributed by atoms with E-state index in [1.807, 2.05) is 11.0 Å². The Kier molecular flexibility index (Phi) is 1.75. The van der Waals surface area contributed by atoms with Crippen LogP contribution in [-0.4, -0.2) is 35.2 Å². The Labute approximate surface area is 94.6 Å². The van der Waals surface area contributed by atoms with E-state index in [4.69, 9.17) is 0 Å². The molecular formula is C11H16N4O. The highest BCUT2D eigenvalue weighted by Gasteiger charge is 2.56. The van der Waals surface area contributed by atoms with Crippen LogP contribution in [0, 0.1) is 0 Å². The minimum absolute atomic E-state index is 0.00269. The molecule has 2 amide bonds. The molecule has 0 bridgehead atoms. The summed E-state index contributed by atoms with van der Waals surface area (Å²) in [5.41, 5.74) is -0.403. The van der Waals surface area contributed by atoms with E-state index < -0.39 is 5.66 Å². The van der Waals surface area contributed by atoms with Gasteiger partial charge in [0.05, 0.1) is 17.9 Å². The number of urea groups is 1. The van der Waals surface area contributed by atoms with E-state index in [1.54, 1.807) is 0 Å². The third-order valence-electron chi connectivity index (χ3n) is 3.66. The normalized spacial score (nSPS) is 39.9. The summed E-state index contributed by atoms with van der Waals surface area (Å²) in [6.07, 6.45) is 5.00. The Hall–Kier alpha value is -1.65. The summed E-state index contributed by atoms with van der Waals surface area (Å²) in [5, 5.41) is 9.65. The summed E-state index contributed by atoms with van der Waals surface area (Å²) >= 11 is 0. The third kappa shape index (κ3) is 0.977. The van der Waals surface area contributed by atoms with Gasteiger partial charge >= 0.3 is 6.03 Å². The van der Waals surface area contributed by atoms with Crippen molar-refractivity contribution in [1.29, 1.82) is 0 Å². The topological polar surface area (TPSA) is 56.4 Å². The first kappa shape index (κ1) is 9.57. The predicted octanol–water partition coefficient (Wildman–Crippen LogP) is 0.0889. The van der Waals surface area contributed by atoms with Crippen molar-refractivity contribution >= 4 is 6.03 Å². The van der Waals surface area contributed by atoms with Crippen LogP contribution in [0.4, 0.5) is 4.79 Å². The Morgan fingerprint density at radius 1 is 1.62 bits per heavy atom. The summed E-state index contributed by atoms with van der Waals surface area (Å²) < 4.78 is 0. The number of hydrogen-bond donors (Lipinski definition) is 3. The fourth-order valence-corrected chi connectivity index (χ4v) is 2.93. The highest BCUT2D eigenvalue weighted by atomic mass is 16.2. The van der Waals surface area contributed by atoms with E-state index in [0.29, 0.717) is 6.54 Å². The van der Waals surface area contributed by atoms with Crippen LogP contribution in [0.25, 0.3) is 0 Å². The van der Waals surface area contributed by atoms with E-state index in [-0.39, 0.29) is 18.1 Å². The van der Waals surface area contributed by atoms with Gasteiger partial charge in [-0.2, -0.15) is 0 Å². The molecule has 0 aliphatic carbocycles. The predicted molar refractivity (Wildman–Crippen MR) is 60.4 cm³/mol. The maximum Gasteiger partial charge on any atom is 0.320 e. The number of amides is 2. The molecule has 2 saturated heterocycles. The van der Waals surface area contributed by atoms with Crippen LogP contribution in [0.15, 0.2) is 24.6 Å². The maximum absolute atomic E-state index is 12.0. The zero-order valence-corrected chi connectivity index (χ0v) is 9.29. The van der Waals surface area contributed by atoms with Crippen molar-refractivity contribution in [1.82, 2.24) is 20.9 Å². The van der Waals surface area contributed by atoms with Crippen molar-refractivity contribution in [3.63, 3.8) is 0 Å². The highest BCUT2D eigenvalue weighted by Crippen LogP contribution is 2.34. The highest BCUT2D eigenvalue weighted by molar-refractivity contribution is 5.79. The lowest BCUT2D eigenvalue weighted by Gasteiger charge is -2.46. The van der Waals surface area contributed by atoms with Crippen LogP contribution >= 0.6 is 0 Å². The molecule has 3 atom stereocenters. The van der Waals surface area contributed by atoms with E-state index >= 15 is 0 Å². The summed E-state index contributed by atoms with van der Waals surface area (Å²) in [5.74, 6) is 0.788. The molecule has 3 aliphatic heterocycles. The van der Waals surface area contributed by atoms with Gasteiger partial charge < -0.3 is 16.0 Å². The Balaban J connectivity index is 2.04. The second-order valence-corrected chi connectivity index (χ2v) is 4.53. The molecule has 3 N–H and O–H groups in total. The van der Waals surface area contributed by atoms with E-state index in [2.05, 4.69) is 35.5 Å². The minimum Gasteiger partial charge on any atom is -0.363 e. The van der Waals surface area contributed by atoms with Crippen LogP contribution in [0.2, 0.25) is 0 Å². The minimum atomic E-state index is -0.403. The number of carbonyl (C=O) groups excluding carboxylic acids is 1. The standard InChI is InChI=1S/C11H16N4O/c1-3-8-9-11(14-7(2)12-9)5-4-6-15(11)10(16)13-8/h4-5,8-9,12,14H,2-3,6H2,1H3,(H,13,16)/t8-,9-,11?/m0/s1. The van der Waals surface area contributed by atoms with E-state index in [0.717, 1.165) is 12.2 Å². The van der Waals surface area contributed by atoms with Gasteiger partial charge in [-0.1, -0.05) is 19.6 Å². The van der Waals surface area contributed by atoms with Crippen molar-refractivity contribution in [3.8, 4) is 0 Å². The second-order valence-electron chi connectivity index (χ2n) is 4.53. The van der Waals surface area contributed by atoms with Gasteiger partial charge in [0.15, 0.2) is 5.66 Å². The van der Waals surface area contributed by atoms with Gasteiger partial charge in [-0.15, -0.1) is 0 Å². The van der Waals surface area contributed by atoms with Crippen molar-refractivity contribution < 1.29 is 4.79 Å². The quantitative estimate of drug-likeness (QED) is 0.549. The molecule has 5 heteroatoms. The molecule has 1 unspecified atom stereocenters. The monoisotopic (exact) mass is 220 g/mol. The fourth-order valence-electron chi connectivity index (χ4n) is 2.93. The Morgan fingerprint density at radius 3 is 3.19 bits per heavy atom. The zero-order valence-electron chi connectivity index (χ0n) is 9.29. The van der Waals surface area contributed by atoms with Gasteiger partial charge in [-0.25, -0.2) is 4.79 Å². The largest absolute Gasteiger partial charge is 0.363 e. The Morgan fingerprint density at radius 2 is 2.44 bits per heavy atom. The molecular weight excluding hydrogens is 204 g/mol. The van der Waals surface area contributed by atoms with Crippen molar-refractivity contribution in [3.05, 3.63) is 24.6 Å². The Bertz CT molecular complexity index is 391. The third-order valence-corrected chi connectivity index (χ3v) is 3.66. The number of hydrogen-bond acceptors (Lipinski definition) is 3. The van der Waals surface area contributed by atoms with Crippen LogP contribution in [-0.2, 0) is 0 Å². The number of rotatable bonds is 1. The molecule has 0 aromatic rings. The average Bonchev–Trinajstić information content (AvgIpc) is 2.80. The SMILES string of the molecule is C=C1N[C@H]2[C@H](CC)NC(=O)N3CC=CC23N1. The summed E-state index contributed by atoms with van der Waals surface area (Å²) in [7, 11) is 0. The van der Waals surface area contributed by atoms with Gasteiger partial charge in [0.2, 0.25) is 0 Å². The van der Waals surface area contributed by atoms with Gasteiger partial charge in [0, 0.05) is 6.54 Å². The second kappa shape index (κ2) is 2.93. The lowest BCUT2D eigenvalue weighted by molar-refractivity contribution is 0.0956. The molecule has 2 fully saturated rings. The molecule has 3 rings (SSSR count).